The molecular weight excluding hydrogens is 526 g/mol. The highest BCUT2D eigenvalue weighted by Gasteiger charge is 2.30. The number of nitrogens with zero attached hydrogens (tertiary/aromatic N) is 2. The summed E-state index contributed by atoms with van der Waals surface area (Å²) in [6, 6.07) is 9.32. The van der Waals surface area contributed by atoms with Gasteiger partial charge in [0.15, 0.2) is 0 Å². The molecule has 0 saturated carbocycles. The van der Waals surface area contributed by atoms with Crippen LogP contribution in [0.1, 0.15) is 94.4 Å². The summed E-state index contributed by atoms with van der Waals surface area (Å²) in [5, 5.41) is 14.9. The van der Waals surface area contributed by atoms with Crippen LogP contribution in [0.2, 0.25) is 0 Å². The van der Waals surface area contributed by atoms with Crippen LogP contribution in [0.4, 0.5) is 0 Å². The van der Waals surface area contributed by atoms with Gasteiger partial charge in [0.2, 0.25) is 5.91 Å². The van der Waals surface area contributed by atoms with E-state index in [4.69, 9.17) is 4.74 Å². The van der Waals surface area contributed by atoms with Crippen molar-refractivity contribution in [3.8, 4) is 0 Å². The van der Waals surface area contributed by atoms with E-state index in [0.717, 1.165) is 12.0 Å². The number of hydrogen-bond donors (Lipinski definition) is 2. The molecule has 0 bridgehead atoms. The van der Waals surface area contributed by atoms with Crippen molar-refractivity contribution in [3.05, 3.63) is 52.0 Å². The molecule has 0 aliphatic heterocycles. The molecule has 2 aromatic rings. The highest BCUT2D eigenvalue weighted by atomic mass is 32.1. The molecule has 1 aromatic carbocycles. The fourth-order valence-corrected chi connectivity index (χ4v) is 5.55. The number of amides is 2. The minimum absolute atomic E-state index is 0.0398. The number of carboxylic acid groups (broad SMARTS) is 1. The lowest BCUT2D eigenvalue weighted by Crippen LogP contribution is -2.42. The molecule has 4 atom stereocenters. The normalized spacial score (nSPS) is 14.5. The Labute approximate surface area is 243 Å². The first-order chi connectivity index (χ1) is 18.9. The molecule has 4 unspecified atom stereocenters. The van der Waals surface area contributed by atoms with Crippen molar-refractivity contribution in [1.29, 1.82) is 0 Å². The van der Waals surface area contributed by atoms with E-state index in [-0.39, 0.29) is 47.5 Å². The van der Waals surface area contributed by atoms with Crippen molar-refractivity contribution in [3.63, 3.8) is 0 Å². The fourth-order valence-electron chi connectivity index (χ4n) is 4.69. The predicted octanol–water partition coefficient (Wildman–Crippen LogP) is 5.98. The zero-order valence-corrected chi connectivity index (χ0v) is 25.9. The van der Waals surface area contributed by atoms with Gasteiger partial charge in [0.1, 0.15) is 16.8 Å². The lowest BCUT2D eigenvalue weighted by Gasteiger charge is -2.34. The lowest BCUT2D eigenvalue weighted by atomic mass is 9.95. The van der Waals surface area contributed by atoms with Crippen molar-refractivity contribution in [1.82, 2.24) is 15.2 Å². The fraction of sp³-hybridized carbons (Fsp3) is 0.613. The molecule has 0 aliphatic rings. The van der Waals surface area contributed by atoms with Crippen LogP contribution in [0, 0.1) is 17.8 Å². The second-order valence-corrected chi connectivity index (χ2v) is 12.3. The van der Waals surface area contributed by atoms with Gasteiger partial charge in [0.25, 0.3) is 5.91 Å². The van der Waals surface area contributed by atoms with Crippen LogP contribution in [-0.4, -0.2) is 58.5 Å². The molecule has 40 heavy (non-hydrogen) atoms. The minimum atomic E-state index is -0.893. The average Bonchev–Trinajstić information content (AvgIpc) is 3.38. The summed E-state index contributed by atoms with van der Waals surface area (Å²) in [7, 11) is 1.86. The first-order valence-electron chi connectivity index (χ1n) is 14.3. The zero-order valence-electron chi connectivity index (χ0n) is 25.1. The first kappa shape index (κ1) is 33.4. The van der Waals surface area contributed by atoms with Gasteiger partial charge in [0.05, 0.1) is 5.92 Å². The third-order valence-electron chi connectivity index (χ3n) is 6.97. The van der Waals surface area contributed by atoms with Crippen molar-refractivity contribution in [2.24, 2.45) is 17.8 Å². The molecule has 2 N–H and O–H groups in total. The lowest BCUT2D eigenvalue weighted by molar-refractivity contribution is -0.141. The maximum atomic E-state index is 13.3. The Morgan fingerprint density at radius 2 is 1.75 bits per heavy atom. The second kappa shape index (κ2) is 16.5. The number of ether oxygens (including phenoxy) is 1. The molecule has 0 aliphatic carbocycles. The molecule has 222 valence electrons. The van der Waals surface area contributed by atoms with Gasteiger partial charge in [-0.05, 0) is 36.7 Å². The van der Waals surface area contributed by atoms with Crippen molar-refractivity contribution < 1.29 is 24.2 Å². The topological polar surface area (TPSA) is 109 Å². The van der Waals surface area contributed by atoms with E-state index in [1.165, 1.54) is 11.3 Å². The Hall–Kier alpha value is -2.78. The number of rotatable bonds is 17. The summed E-state index contributed by atoms with van der Waals surface area (Å²) < 4.78 is 6.21. The van der Waals surface area contributed by atoms with Crippen LogP contribution < -0.4 is 5.32 Å². The van der Waals surface area contributed by atoms with Crippen molar-refractivity contribution in [2.45, 2.75) is 91.8 Å². The van der Waals surface area contributed by atoms with Gasteiger partial charge in [-0.1, -0.05) is 71.9 Å². The van der Waals surface area contributed by atoms with Crippen molar-refractivity contribution >= 4 is 29.1 Å². The molecule has 0 saturated heterocycles. The zero-order chi connectivity index (χ0) is 29.8. The molecule has 1 aromatic heterocycles. The van der Waals surface area contributed by atoms with E-state index >= 15 is 0 Å². The number of aliphatic carboxylic acids is 1. The molecular formula is C31H47N3O5S. The minimum Gasteiger partial charge on any atom is -0.481 e. The van der Waals surface area contributed by atoms with Gasteiger partial charge in [-0.2, -0.15) is 0 Å². The van der Waals surface area contributed by atoms with Crippen LogP contribution in [0.5, 0.6) is 0 Å². The molecule has 9 heteroatoms. The number of carbonyl (C=O) groups excluding carboxylic acids is 2. The number of hydrogen-bond acceptors (Lipinski definition) is 6. The summed E-state index contributed by atoms with van der Waals surface area (Å²) in [5.41, 5.74) is 1.31. The molecule has 1 heterocycles. The van der Waals surface area contributed by atoms with Crippen LogP contribution in [0.15, 0.2) is 35.7 Å². The molecule has 2 rings (SSSR count). The Balaban J connectivity index is 2.22. The Morgan fingerprint density at radius 3 is 2.33 bits per heavy atom. The SMILES string of the molecule is CCCOC(CC(C(C)C)N(C)C(=O)CC(C)C)c1nc(C(=O)NC(Cc2ccccc2)CC(C)C(=O)O)cs1. The smallest absolute Gasteiger partial charge is 0.306 e. The monoisotopic (exact) mass is 573 g/mol. The predicted molar refractivity (Wildman–Crippen MR) is 159 cm³/mol. The molecule has 0 fully saturated rings. The maximum absolute atomic E-state index is 13.3. The summed E-state index contributed by atoms with van der Waals surface area (Å²) in [6.45, 7) is 12.5. The van der Waals surface area contributed by atoms with Gasteiger partial charge in [-0.25, -0.2) is 4.98 Å². The number of nitrogens with one attached hydrogen (secondary N) is 1. The van der Waals surface area contributed by atoms with Crippen LogP contribution in [0.3, 0.4) is 0 Å². The van der Waals surface area contributed by atoms with Gasteiger partial charge < -0.3 is 20.1 Å². The highest BCUT2D eigenvalue weighted by molar-refractivity contribution is 7.09. The first-order valence-corrected chi connectivity index (χ1v) is 15.2. The van der Waals surface area contributed by atoms with E-state index in [2.05, 4.69) is 24.1 Å². The Kier molecular flexibility index (Phi) is 13.8. The van der Waals surface area contributed by atoms with Gasteiger partial charge in [-0.3, -0.25) is 14.4 Å². The molecule has 8 nitrogen and oxygen atoms in total. The molecule has 0 spiro atoms. The van der Waals surface area contributed by atoms with Gasteiger partial charge >= 0.3 is 5.97 Å². The molecule has 0 radical (unpaired) electrons. The summed E-state index contributed by atoms with van der Waals surface area (Å²) in [5.74, 6) is -1.22. The third kappa shape index (κ3) is 10.7. The summed E-state index contributed by atoms with van der Waals surface area (Å²) in [6.07, 6.45) is 2.40. The van der Waals surface area contributed by atoms with E-state index in [1.54, 1.807) is 12.3 Å². The van der Waals surface area contributed by atoms with E-state index in [0.29, 0.717) is 37.3 Å². The number of carboxylic acids is 1. The molecule has 2 amide bonds. The van der Waals surface area contributed by atoms with Gasteiger partial charge in [0, 0.05) is 44.0 Å². The van der Waals surface area contributed by atoms with Crippen molar-refractivity contribution in [2.75, 3.05) is 13.7 Å². The van der Waals surface area contributed by atoms with E-state index in [1.807, 2.05) is 63.1 Å². The summed E-state index contributed by atoms with van der Waals surface area (Å²) in [4.78, 5) is 44.2. The largest absolute Gasteiger partial charge is 0.481 e. The maximum Gasteiger partial charge on any atom is 0.306 e. The number of thiazole rings is 1. The highest BCUT2D eigenvalue weighted by Crippen LogP contribution is 2.31. The van der Waals surface area contributed by atoms with Crippen LogP contribution >= 0.6 is 11.3 Å². The Bertz CT molecular complexity index is 1070. The Morgan fingerprint density at radius 1 is 1.07 bits per heavy atom. The average molecular weight is 574 g/mol. The van der Waals surface area contributed by atoms with E-state index in [9.17, 15) is 19.5 Å². The second-order valence-electron chi connectivity index (χ2n) is 11.4. The quantitative estimate of drug-likeness (QED) is 0.241. The van der Waals surface area contributed by atoms with Gasteiger partial charge in [-0.15, -0.1) is 11.3 Å². The third-order valence-corrected chi connectivity index (χ3v) is 7.91. The number of aromatic nitrogens is 1. The standard InChI is InChI=1S/C31H47N3O5S/c1-8-14-39-27(18-26(21(4)5)34(7)28(35)15-20(2)3)30-33-25(19-40-30)29(36)32-24(16-22(6)31(37)38)17-23-12-10-9-11-13-23/h9-13,19-22,24,26-27H,8,14-18H2,1-7H3,(H,32,36)(H,37,38). The van der Waals surface area contributed by atoms with E-state index < -0.39 is 11.9 Å². The number of carbonyl (C=O) groups is 3. The van der Waals surface area contributed by atoms with Crippen LogP contribution in [0.25, 0.3) is 0 Å². The summed E-state index contributed by atoms with van der Waals surface area (Å²) >= 11 is 1.38. The van der Waals surface area contributed by atoms with Crippen LogP contribution in [-0.2, 0) is 20.7 Å². The number of benzene rings is 1.